The molecule has 4 atom stereocenters. The molecule has 0 saturated carbocycles. The number of ketones is 2. The van der Waals surface area contributed by atoms with Crippen LogP contribution in [-0.4, -0.2) is 81.7 Å². The average Bonchev–Trinajstić information content (AvgIpc) is 2.93. The number of phenols is 1. The lowest BCUT2D eigenvalue weighted by atomic mass is 9.58. The molecule has 3 aliphatic carbocycles. The highest BCUT2D eigenvalue weighted by Gasteiger charge is 2.63. The number of nitrogens with zero attached hydrogens (tertiary/aromatic N) is 1. The summed E-state index contributed by atoms with van der Waals surface area (Å²) in [6, 6.07) is 8.00. The van der Waals surface area contributed by atoms with Crippen LogP contribution in [0.3, 0.4) is 0 Å². The third-order valence-corrected chi connectivity index (χ3v) is 8.90. The van der Waals surface area contributed by atoms with Gasteiger partial charge in [0, 0.05) is 29.6 Å². The van der Waals surface area contributed by atoms with E-state index in [1.165, 1.54) is 11.0 Å². The number of ether oxygens (including phenoxy) is 1. The summed E-state index contributed by atoms with van der Waals surface area (Å²) in [5, 5.41) is 48.5. The van der Waals surface area contributed by atoms with Gasteiger partial charge in [0.2, 0.25) is 5.78 Å². The van der Waals surface area contributed by atoms with Gasteiger partial charge in [0.15, 0.2) is 11.4 Å². The smallest absolute Gasteiger partial charge is 0.255 e. The molecule has 2 aromatic carbocycles. The van der Waals surface area contributed by atoms with Crippen molar-refractivity contribution in [2.24, 2.45) is 17.6 Å². The van der Waals surface area contributed by atoms with Crippen LogP contribution in [0, 0.1) is 11.8 Å². The number of carbonyl (C=O) groups is 3. The van der Waals surface area contributed by atoms with Crippen LogP contribution < -0.4 is 15.8 Å². The maximum atomic E-state index is 14.0. The van der Waals surface area contributed by atoms with Gasteiger partial charge in [-0.25, -0.2) is 0 Å². The molecule has 11 nitrogen and oxygen atoms in total. The highest BCUT2D eigenvalue weighted by Crippen LogP contribution is 2.53. The van der Waals surface area contributed by atoms with Gasteiger partial charge in [-0.2, -0.15) is 0 Å². The molecule has 0 aliphatic heterocycles. The van der Waals surface area contributed by atoms with E-state index >= 15 is 0 Å². The number of likely N-dealkylation sites (N-methyl/N-ethyl adjacent to an activating group) is 1. The molecule has 0 spiro atoms. The first-order chi connectivity index (χ1) is 20.2. The van der Waals surface area contributed by atoms with Crippen LogP contribution in [0.1, 0.15) is 41.8 Å². The van der Waals surface area contributed by atoms with E-state index in [0.29, 0.717) is 23.4 Å². The molecule has 0 unspecified atom stereocenters. The number of amides is 1. The van der Waals surface area contributed by atoms with Gasteiger partial charge in [-0.05, 0) is 67.7 Å². The second-order valence-electron chi connectivity index (χ2n) is 12.0. The molecule has 11 heteroatoms. The summed E-state index contributed by atoms with van der Waals surface area (Å²) in [5.74, 6) is -6.09. The Morgan fingerprint density at radius 3 is 2.47 bits per heavy atom. The normalized spacial score (nSPS) is 25.2. The van der Waals surface area contributed by atoms with Gasteiger partial charge in [-0.3, -0.25) is 19.3 Å². The van der Waals surface area contributed by atoms with Crippen molar-refractivity contribution >= 4 is 17.5 Å². The Balaban J connectivity index is 1.67. The van der Waals surface area contributed by atoms with Crippen LogP contribution in [0.15, 0.2) is 53.0 Å². The van der Waals surface area contributed by atoms with Crippen LogP contribution >= 0.6 is 0 Å². The molecule has 43 heavy (non-hydrogen) atoms. The van der Waals surface area contributed by atoms with Crippen LogP contribution in [0.25, 0.3) is 11.1 Å². The molecule has 0 fully saturated rings. The van der Waals surface area contributed by atoms with E-state index in [4.69, 9.17) is 10.5 Å². The summed E-state index contributed by atoms with van der Waals surface area (Å²) in [4.78, 5) is 41.2. The van der Waals surface area contributed by atoms with Gasteiger partial charge in [0.1, 0.15) is 28.6 Å². The molecule has 5 rings (SSSR count). The van der Waals surface area contributed by atoms with Crippen molar-refractivity contribution in [2.45, 2.75) is 50.9 Å². The average molecular weight is 592 g/mol. The van der Waals surface area contributed by atoms with Crippen molar-refractivity contribution in [3.8, 4) is 22.6 Å². The minimum absolute atomic E-state index is 0.0209. The fourth-order valence-electron chi connectivity index (χ4n) is 6.92. The van der Waals surface area contributed by atoms with E-state index in [2.05, 4.69) is 5.32 Å². The molecule has 0 aromatic heterocycles. The van der Waals surface area contributed by atoms with Crippen LogP contribution in [0.4, 0.5) is 0 Å². The highest BCUT2D eigenvalue weighted by atomic mass is 16.5. The number of nitrogens with one attached hydrogen (secondary N) is 1. The zero-order valence-electron chi connectivity index (χ0n) is 24.8. The SMILES string of the molecule is COc1ccc(-c2ccc(O)c3c2C[C@H]2C[C@H]4[C@H](N(C)C)C(O)=C(C(N)=O)C(=O)[C@@]4(O)C(O)=C2C3=O)cc1CNC(C)C. The zero-order chi connectivity index (χ0) is 31.5. The number of methoxy groups -OCH3 is 1. The van der Waals surface area contributed by atoms with E-state index in [1.807, 2.05) is 32.0 Å². The summed E-state index contributed by atoms with van der Waals surface area (Å²) in [7, 11) is 4.79. The molecular weight excluding hydrogens is 554 g/mol. The van der Waals surface area contributed by atoms with E-state index in [0.717, 1.165) is 11.1 Å². The van der Waals surface area contributed by atoms with Crippen LogP contribution in [0.5, 0.6) is 11.5 Å². The van der Waals surface area contributed by atoms with E-state index in [9.17, 15) is 34.8 Å². The van der Waals surface area contributed by atoms with Crippen molar-refractivity contribution in [3.63, 3.8) is 0 Å². The first-order valence-electron chi connectivity index (χ1n) is 14.1. The third kappa shape index (κ3) is 4.59. The van der Waals surface area contributed by atoms with Crippen LogP contribution in [-0.2, 0) is 22.6 Å². The number of allylic oxidation sites excluding steroid dienone is 1. The molecule has 2 aromatic rings. The Bertz CT molecular complexity index is 1610. The number of benzene rings is 2. The number of Topliss-reactive ketones (excluding diaryl/α,β-unsaturated/α-hetero) is 2. The molecule has 1 amide bonds. The predicted octanol–water partition coefficient (Wildman–Crippen LogP) is 2.29. The number of nitrogens with two attached hydrogens (primary N) is 1. The lowest BCUT2D eigenvalue weighted by Gasteiger charge is -2.50. The standard InChI is InChI=1S/C32H37N3O8/c1-14(2)34-13-17-10-15(6-9-22(17)43-5)18-7-8-21(36)24-19(18)11-16-12-20-26(35(3)4)28(38)25(31(33)41)30(40)32(20,42)29(39)23(16)27(24)37/h6-10,14,16,20,26,34,36,38-39,42H,11-13H2,1-5H3,(H2,33,41)/t16-,20-,26-,32-/m0/s1. The summed E-state index contributed by atoms with van der Waals surface area (Å²) in [5.41, 5.74) is 4.63. The zero-order valence-corrected chi connectivity index (χ0v) is 24.8. The maximum absolute atomic E-state index is 14.0. The number of aromatic hydroxyl groups is 1. The Morgan fingerprint density at radius 1 is 1.16 bits per heavy atom. The molecule has 0 bridgehead atoms. The number of hydrogen-bond donors (Lipinski definition) is 6. The molecule has 228 valence electrons. The number of fused-ring (bicyclic) bond motifs is 3. The minimum Gasteiger partial charge on any atom is -0.510 e. The highest BCUT2D eigenvalue weighted by molar-refractivity contribution is 6.24. The van der Waals surface area contributed by atoms with Gasteiger partial charge in [0.05, 0.1) is 18.7 Å². The van der Waals surface area contributed by atoms with Crippen molar-refractivity contribution < 1.29 is 39.5 Å². The number of rotatable bonds is 7. The Kier molecular flexibility index (Phi) is 7.62. The number of aliphatic hydroxyl groups is 3. The molecule has 0 radical (unpaired) electrons. The van der Waals surface area contributed by atoms with Crippen molar-refractivity contribution in [1.29, 1.82) is 0 Å². The van der Waals surface area contributed by atoms with Crippen LogP contribution in [0.2, 0.25) is 0 Å². The first-order valence-corrected chi connectivity index (χ1v) is 14.1. The van der Waals surface area contributed by atoms with Gasteiger partial charge >= 0.3 is 0 Å². The lowest BCUT2D eigenvalue weighted by Crippen LogP contribution is -2.63. The number of aliphatic hydroxyl groups excluding tert-OH is 2. The van der Waals surface area contributed by atoms with E-state index in [1.54, 1.807) is 27.3 Å². The van der Waals surface area contributed by atoms with Gasteiger partial charge < -0.3 is 36.2 Å². The Morgan fingerprint density at radius 2 is 1.86 bits per heavy atom. The second kappa shape index (κ2) is 10.8. The number of primary amides is 1. The summed E-state index contributed by atoms with van der Waals surface area (Å²) < 4.78 is 5.55. The summed E-state index contributed by atoms with van der Waals surface area (Å²) in [6.45, 7) is 4.62. The minimum atomic E-state index is -2.67. The monoisotopic (exact) mass is 591 g/mol. The lowest BCUT2D eigenvalue weighted by molar-refractivity contribution is -0.148. The Labute approximate surface area is 249 Å². The summed E-state index contributed by atoms with van der Waals surface area (Å²) in [6.07, 6.45) is 0.219. The van der Waals surface area contributed by atoms with Crippen molar-refractivity contribution in [2.75, 3.05) is 21.2 Å². The fraction of sp³-hybridized carbons (Fsp3) is 0.406. The van der Waals surface area contributed by atoms with Gasteiger partial charge in [0.25, 0.3) is 5.91 Å². The van der Waals surface area contributed by atoms with E-state index in [-0.39, 0.29) is 35.8 Å². The number of phenolic OH excluding ortho intramolecular Hbond substituents is 1. The van der Waals surface area contributed by atoms with Gasteiger partial charge in [-0.1, -0.05) is 26.0 Å². The largest absolute Gasteiger partial charge is 0.510 e. The third-order valence-electron chi connectivity index (χ3n) is 8.90. The van der Waals surface area contributed by atoms with E-state index < -0.39 is 58.0 Å². The first kappa shape index (κ1) is 30.3. The molecule has 3 aliphatic rings. The fourth-order valence-corrected chi connectivity index (χ4v) is 6.92. The molecule has 0 heterocycles. The molecule has 0 saturated heterocycles. The number of hydrogen-bond acceptors (Lipinski definition) is 10. The molecular formula is C32H37N3O8. The predicted molar refractivity (Wildman–Crippen MR) is 158 cm³/mol. The van der Waals surface area contributed by atoms with Gasteiger partial charge in [-0.15, -0.1) is 0 Å². The topological polar surface area (TPSA) is 183 Å². The second-order valence-corrected chi connectivity index (χ2v) is 12.0. The number of carbonyl (C=O) groups excluding carboxylic acids is 3. The summed E-state index contributed by atoms with van der Waals surface area (Å²) >= 11 is 0. The van der Waals surface area contributed by atoms with Crippen molar-refractivity contribution in [1.82, 2.24) is 10.2 Å². The quantitative estimate of drug-likeness (QED) is 0.261. The Hall–Kier alpha value is -4.19. The maximum Gasteiger partial charge on any atom is 0.255 e. The van der Waals surface area contributed by atoms with Crippen molar-refractivity contribution in [3.05, 3.63) is 69.7 Å². The molecule has 7 N–H and O–H groups in total.